The van der Waals surface area contributed by atoms with Crippen LogP contribution in [0.2, 0.25) is 0 Å². The number of nitrogens with zero attached hydrogens (tertiary/aromatic N) is 2. The van der Waals surface area contributed by atoms with Gasteiger partial charge in [-0.2, -0.15) is 0 Å². The Bertz CT molecular complexity index is 571. The van der Waals surface area contributed by atoms with E-state index in [9.17, 15) is 4.79 Å². The minimum Gasteiger partial charge on any atom is -0.345 e. The number of H-pyrrole nitrogens is 1. The molecule has 0 atom stereocenters. The van der Waals surface area contributed by atoms with E-state index >= 15 is 0 Å². The zero-order chi connectivity index (χ0) is 11.0. The molecule has 0 saturated carbocycles. The van der Waals surface area contributed by atoms with Gasteiger partial charge in [-0.1, -0.05) is 0 Å². The molecule has 2 aromatic heterocycles. The molecule has 0 fully saturated rings. The summed E-state index contributed by atoms with van der Waals surface area (Å²) in [6.45, 7) is 0. The van der Waals surface area contributed by atoms with Crippen LogP contribution in [0.5, 0.6) is 0 Å². The molecule has 1 aliphatic heterocycles. The third-order valence-corrected chi connectivity index (χ3v) is 2.37. The third kappa shape index (κ3) is 1.30. The molecular weight excluding hydrogens is 204 g/mol. The lowest BCUT2D eigenvalue weighted by Gasteiger charge is -1.94. The molecule has 0 aromatic carbocycles. The van der Waals surface area contributed by atoms with Gasteiger partial charge in [0.2, 0.25) is 0 Å². The predicted octanol–water partition coefficient (Wildman–Crippen LogP) is 1.30. The summed E-state index contributed by atoms with van der Waals surface area (Å²) >= 11 is 0. The van der Waals surface area contributed by atoms with E-state index in [-0.39, 0.29) is 5.91 Å². The van der Waals surface area contributed by atoms with Gasteiger partial charge in [-0.15, -0.1) is 0 Å². The summed E-state index contributed by atoms with van der Waals surface area (Å²) in [6, 6.07) is 3.66. The number of amides is 1. The number of hydrogen-bond acceptors (Lipinski definition) is 3. The van der Waals surface area contributed by atoms with Crippen LogP contribution in [0.25, 0.3) is 11.6 Å². The molecule has 0 saturated heterocycles. The van der Waals surface area contributed by atoms with Crippen molar-refractivity contribution >= 4 is 23.4 Å². The number of carbonyl (C=O) groups excluding carboxylic acids is 1. The first kappa shape index (κ1) is 8.84. The van der Waals surface area contributed by atoms with Crippen molar-refractivity contribution in [2.24, 2.45) is 0 Å². The van der Waals surface area contributed by atoms with Crippen LogP contribution in [-0.2, 0) is 4.79 Å². The van der Waals surface area contributed by atoms with Crippen LogP contribution in [-0.4, -0.2) is 20.9 Å². The number of nitrogens with one attached hydrogen (secondary N) is 2. The average Bonchev–Trinajstić information content (AvgIpc) is 2.89. The van der Waals surface area contributed by atoms with Crippen LogP contribution in [0.15, 0.2) is 30.7 Å². The Hall–Kier alpha value is -2.43. The summed E-state index contributed by atoms with van der Waals surface area (Å²) in [4.78, 5) is 22.8. The zero-order valence-corrected chi connectivity index (χ0v) is 8.27. The molecular formula is C11H8N4O. The maximum absolute atomic E-state index is 11.7. The van der Waals surface area contributed by atoms with E-state index in [0.29, 0.717) is 17.2 Å². The van der Waals surface area contributed by atoms with E-state index in [1.165, 1.54) is 0 Å². The van der Waals surface area contributed by atoms with E-state index < -0.39 is 0 Å². The van der Waals surface area contributed by atoms with E-state index in [1.807, 2.05) is 6.07 Å². The molecule has 3 rings (SSSR count). The van der Waals surface area contributed by atoms with Crippen molar-refractivity contribution in [3.05, 3.63) is 42.1 Å². The van der Waals surface area contributed by atoms with E-state index in [0.717, 1.165) is 5.56 Å². The fourth-order valence-electron chi connectivity index (χ4n) is 1.66. The highest BCUT2D eigenvalue weighted by molar-refractivity contribution is 6.34. The summed E-state index contributed by atoms with van der Waals surface area (Å²) in [5, 5.41) is 2.70. The monoisotopic (exact) mass is 212 g/mol. The van der Waals surface area contributed by atoms with Gasteiger partial charge in [-0.05, 0) is 18.2 Å². The molecule has 5 heteroatoms. The SMILES string of the molecule is O=C1Nc2ncccc2/C1=C/c1ncc[nH]1. The second kappa shape index (κ2) is 3.30. The molecule has 16 heavy (non-hydrogen) atoms. The molecule has 0 spiro atoms. The molecule has 1 aliphatic rings. The second-order valence-corrected chi connectivity index (χ2v) is 3.39. The van der Waals surface area contributed by atoms with Gasteiger partial charge in [0.1, 0.15) is 11.6 Å². The van der Waals surface area contributed by atoms with Crippen molar-refractivity contribution in [2.45, 2.75) is 0 Å². The van der Waals surface area contributed by atoms with Crippen LogP contribution < -0.4 is 5.32 Å². The number of imidazole rings is 1. The Morgan fingerprint density at radius 1 is 1.25 bits per heavy atom. The Kier molecular flexibility index (Phi) is 1.83. The molecule has 0 unspecified atom stereocenters. The highest BCUT2D eigenvalue weighted by Crippen LogP contribution is 2.30. The maximum atomic E-state index is 11.7. The quantitative estimate of drug-likeness (QED) is 0.700. The zero-order valence-electron chi connectivity index (χ0n) is 8.27. The Balaban J connectivity index is 2.12. The lowest BCUT2D eigenvalue weighted by Crippen LogP contribution is -2.04. The molecule has 0 bridgehead atoms. The fourth-order valence-corrected chi connectivity index (χ4v) is 1.66. The summed E-state index contributed by atoms with van der Waals surface area (Å²) in [5.74, 6) is 1.11. The summed E-state index contributed by atoms with van der Waals surface area (Å²) < 4.78 is 0. The van der Waals surface area contributed by atoms with E-state index in [2.05, 4.69) is 20.3 Å². The number of rotatable bonds is 1. The largest absolute Gasteiger partial charge is 0.345 e. The van der Waals surface area contributed by atoms with Gasteiger partial charge in [0.15, 0.2) is 0 Å². The molecule has 2 N–H and O–H groups in total. The van der Waals surface area contributed by atoms with Gasteiger partial charge in [0.25, 0.3) is 5.91 Å². The highest BCUT2D eigenvalue weighted by Gasteiger charge is 2.24. The number of aromatic amines is 1. The molecule has 0 aliphatic carbocycles. The summed E-state index contributed by atoms with van der Waals surface area (Å²) in [7, 11) is 0. The van der Waals surface area contributed by atoms with E-state index in [4.69, 9.17) is 0 Å². The number of pyridine rings is 1. The van der Waals surface area contributed by atoms with Gasteiger partial charge < -0.3 is 10.3 Å². The Labute approximate surface area is 91.2 Å². The van der Waals surface area contributed by atoms with Gasteiger partial charge in [-0.25, -0.2) is 9.97 Å². The number of hydrogen-bond donors (Lipinski definition) is 2. The van der Waals surface area contributed by atoms with Crippen LogP contribution in [0.4, 0.5) is 5.82 Å². The minimum absolute atomic E-state index is 0.148. The lowest BCUT2D eigenvalue weighted by molar-refractivity contribution is -0.110. The number of aromatic nitrogens is 3. The van der Waals surface area contributed by atoms with Gasteiger partial charge in [0, 0.05) is 24.2 Å². The van der Waals surface area contributed by atoms with Crippen molar-refractivity contribution in [1.29, 1.82) is 0 Å². The van der Waals surface area contributed by atoms with Crippen molar-refractivity contribution in [1.82, 2.24) is 15.0 Å². The van der Waals surface area contributed by atoms with Crippen LogP contribution in [0, 0.1) is 0 Å². The number of fused-ring (bicyclic) bond motifs is 1. The van der Waals surface area contributed by atoms with Crippen LogP contribution in [0.1, 0.15) is 11.4 Å². The molecule has 5 nitrogen and oxygen atoms in total. The highest BCUT2D eigenvalue weighted by atomic mass is 16.2. The van der Waals surface area contributed by atoms with Crippen molar-refractivity contribution in [2.75, 3.05) is 5.32 Å². The van der Waals surface area contributed by atoms with Gasteiger partial charge >= 0.3 is 0 Å². The molecule has 2 aromatic rings. The molecule has 78 valence electrons. The normalized spacial score (nSPS) is 16.2. The van der Waals surface area contributed by atoms with Gasteiger partial charge in [0.05, 0.1) is 5.57 Å². The standard InChI is InChI=1S/C11H8N4O/c16-11-8(6-9-12-4-5-13-9)7-2-1-3-14-10(7)15-11/h1-6H,(H,12,13)(H,14,15,16)/b8-6-. The summed E-state index contributed by atoms with van der Waals surface area (Å²) in [5.41, 5.74) is 1.39. The first-order valence-electron chi connectivity index (χ1n) is 4.82. The van der Waals surface area contributed by atoms with Crippen LogP contribution >= 0.6 is 0 Å². The smallest absolute Gasteiger partial charge is 0.257 e. The van der Waals surface area contributed by atoms with Gasteiger partial charge in [-0.3, -0.25) is 4.79 Å². The summed E-state index contributed by atoms with van der Waals surface area (Å²) in [6.07, 6.45) is 6.71. The minimum atomic E-state index is -0.148. The lowest BCUT2D eigenvalue weighted by atomic mass is 10.1. The topological polar surface area (TPSA) is 70.7 Å². The van der Waals surface area contributed by atoms with Crippen molar-refractivity contribution < 1.29 is 4.79 Å². The Morgan fingerprint density at radius 3 is 3.00 bits per heavy atom. The predicted molar refractivity (Wildman–Crippen MR) is 59.3 cm³/mol. The average molecular weight is 212 g/mol. The maximum Gasteiger partial charge on any atom is 0.257 e. The molecule has 3 heterocycles. The fraction of sp³-hybridized carbons (Fsp3) is 0. The second-order valence-electron chi connectivity index (χ2n) is 3.39. The first-order valence-corrected chi connectivity index (χ1v) is 4.82. The van der Waals surface area contributed by atoms with E-state index in [1.54, 1.807) is 30.7 Å². The Morgan fingerprint density at radius 2 is 2.19 bits per heavy atom. The number of carbonyl (C=O) groups is 1. The third-order valence-electron chi connectivity index (χ3n) is 2.37. The first-order chi connectivity index (χ1) is 7.84. The van der Waals surface area contributed by atoms with Crippen LogP contribution in [0.3, 0.4) is 0 Å². The number of anilines is 1. The van der Waals surface area contributed by atoms with Crippen molar-refractivity contribution in [3.8, 4) is 0 Å². The van der Waals surface area contributed by atoms with Crippen molar-refractivity contribution in [3.63, 3.8) is 0 Å². The molecule has 0 radical (unpaired) electrons. The molecule has 1 amide bonds.